The van der Waals surface area contributed by atoms with Crippen LogP contribution in [0.5, 0.6) is 0 Å². The summed E-state index contributed by atoms with van der Waals surface area (Å²) < 4.78 is 3.54. The van der Waals surface area contributed by atoms with Crippen LogP contribution >= 0.6 is 0 Å². The van der Waals surface area contributed by atoms with Crippen LogP contribution in [-0.2, 0) is 5.60 Å². The number of aromatic nitrogens is 5. The van der Waals surface area contributed by atoms with Crippen LogP contribution in [0.15, 0.2) is 24.7 Å². The molecule has 9 nitrogen and oxygen atoms in total. The van der Waals surface area contributed by atoms with Gasteiger partial charge in [0.2, 0.25) is 0 Å². The molecule has 0 aliphatic heterocycles. The van der Waals surface area contributed by atoms with E-state index in [1.807, 2.05) is 23.1 Å². The molecule has 3 N–H and O–H groups in total. The molecule has 0 aromatic carbocycles. The summed E-state index contributed by atoms with van der Waals surface area (Å²) >= 11 is 0. The number of nitrogens with zero attached hydrogens (tertiary/aromatic N) is 5. The van der Waals surface area contributed by atoms with Crippen molar-refractivity contribution in [2.75, 3.05) is 17.2 Å². The van der Waals surface area contributed by atoms with Gasteiger partial charge in [-0.15, -0.1) is 0 Å². The summed E-state index contributed by atoms with van der Waals surface area (Å²) in [5.41, 5.74) is 0.672. The molecular formula is C26H39N7O2. The smallest absolute Gasteiger partial charge is 0.261 e. The minimum absolute atomic E-state index is 0. The Balaban J connectivity index is 0.00000304. The van der Waals surface area contributed by atoms with Crippen LogP contribution in [-0.4, -0.2) is 41.9 Å². The second-order valence-electron chi connectivity index (χ2n) is 11.2. The van der Waals surface area contributed by atoms with E-state index in [9.17, 15) is 9.90 Å². The number of amides is 1. The molecular weight excluding hydrogens is 442 g/mol. The fraction of sp³-hybridized carbons (Fsp3) is 0.615. The van der Waals surface area contributed by atoms with E-state index in [0.29, 0.717) is 28.5 Å². The number of carbonyl (C=O) groups is 1. The Hall–Kier alpha value is -2.94. The Morgan fingerprint density at radius 3 is 2.63 bits per heavy atom. The first kappa shape index (κ1) is 23.8. The third-order valence-corrected chi connectivity index (χ3v) is 7.50. The van der Waals surface area contributed by atoms with Crippen molar-refractivity contribution in [1.82, 2.24) is 24.4 Å². The number of hydrogen-bond acceptors (Lipinski definition) is 6. The van der Waals surface area contributed by atoms with Gasteiger partial charge in [-0.2, -0.15) is 10.2 Å². The Kier molecular flexibility index (Phi) is 6.29. The topological polar surface area (TPSA) is 109 Å². The van der Waals surface area contributed by atoms with Crippen molar-refractivity contribution < 1.29 is 11.3 Å². The van der Waals surface area contributed by atoms with Gasteiger partial charge in [0.05, 0.1) is 17.9 Å². The predicted octanol–water partition coefficient (Wildman–Crippen LogP) is 4.86. The molecule has 3 aromatic rings. The molecule has 0 radical (unpaired) electrons. The number of anilines is 2. The van der Waals surface area contributed by atoms with Crippen LogP contribution in [0.25, 0.3) is 5.65 Å². The zero-order valence-corrected chi connectivity index (χ0v) is 21.2. The van der Waals surface area contributed by atoms with E-state index in [-0.39, 0.29) is 13.4 Å². The molecule has 9 heteroatoms. The van der Waals surface area contributed by atoms with Gasteiger partial charge in [-0.05, 0) is 76.2 Å². The molecule has 0 atom stereocenters. The number of hydrogen-bond donors (Lipinski definition) is 3. The van der Waals surface area contributed by atoms with Crippen LogP contribution in [0.3, 0.4) is 0 Å². The van der Waals surface area contributed by atoms with Crippen LogP contribution in [0.4, 0.5) is 11.5 Å². The molecule has 2 fully saturated rings. The lowest BCUT2D eigenvalue weighted by molar-refractivity contribution is 0.0729. The zero-order chi connectivity index (χ0) is 24.7. The lowest BCUT2D eigenvalue weighted by Crippen LogP contribution is -2.23. The summed E-state index contributed by atoms with van der Waals surface area (Å²) in [6.45, 7) is 8.87. The van der Waals surface area contributed by atoms with E-state index >= 15 is 0 Å². The highest BCUT2D eigenvalue weighted by molar-refractivity contribution is 6.08. The second-order valence-corrected chi connectivity index (χ2v) is 11.2. The molecule has 0 spiro atoms. The highest BCUT2D eigenvalue weighted by Crippen LogP contribution is 2.37. The lowest BCUT2D eigenvalue weighted by Gasteiger charge is -2.31. The molecule has 2 aliphatic rings. The summed E-state index contributed by atoms with van der Waals surface area (Å²) in [4.78, 5) is 17.9. The highest BCUT2D eigenvalue weighted by atomic mass is 16.3. The van der Waals surface area contributed by atoms with Crippen molar-refractivity contribution in [1.29, 1.82) is 0 Å². The maximum atomic E-state index is 13.3. The minimum atomic E-state index is -1.19. The average molecular weight is 482 g/mol. The van der Waals surface area contributed by atoms with Crippen molar-refractivity contribution >= 4 is 23.1 Å². The molecule has 0 unspecified atom stereocenters. The summed E-state index contributed by atoms with van der Waals surface area (Å²) in [5, 5.41) is 26.2. The van der Waals surface area contributed by atoms with E-state index in [1.165, 1.54) is 31.9 Å². The Morgan fingerprint density at radius 2 is 1.97 bits per heavy atom. The predicted molar refractivity (Wildman–Crippen MR) is 138 cm³/mol. The number of nitrogens with one attached hydrogen (secondary N) is 2. The van der Waals surface area contributed by atoms with Crippen molar-refractivity contribution in [3.8, 4) is 0 Å². The lowest BCUT2D eigenvalue weighted by atomic mass is 9.80. The maximum Gasteiger partial charge on any atom is 0.261 e. The number of fused-ring (bicyclic) bond motifs is 1. The third kappa shape index (κ3) is 5.19. The number of aliphatic hydroxyl groups is 1. The molecule has 3 heterocycles. The molecule has 3 aromatic heterocycles. The quantitative estimate of drug-likeness (QED) is 0.424. The van der Waals surface area contributed by atoms with Gasteiger partial charge in [-0.1, -0.05) is 13.8 Å². The van der Waals surface area contributed by atoms with Gasteiger partial charge >= 0.3 is 0 Å². The summed E-state index contributed by atoms with van der Waals surface area (Å²) in [5.74, 6) is 2.58. The normalized spacial score (nSPS) is 21.0. The van der Waals surface area contributed by atoms with Crippen molar-refractivity contribution in [3.63, 3.8) is 0 Å². The third-order valence-electron chi connectivity index (χ3n) is 7.50. The first-order chi connectivity index (χ1) is 16.7. The average Bonchev–Trinajstić information content (AvgIpc) is 3.39. The maximum absolute atomic E-state index is 13.3. The molecule has 1 amide bonds. The van der Waals surface area contributed by atoms with Gasteiger partial charge in [0, 0.05) is 20.4 Å². The fourth-order valence-electron chi connectivity index (χ4n) is 5.04. The van der Waals surface area contributed by atoms with E-state index in [0.717, 1.165) is 37.0 Å². The Bertz CT molecular complexity index is 1200. The first-order valence-electron chi connectivity index (χ1n) is 12.9. The monoisotopic (exact) mass is 481 g/mol. The van der Waals surface area contributed by atoms with Crippen LogP contribution in [0.1, 0.15) is 89.7 Å². The van der Waals surface area contributed by atoms with Crippen LogP contribution in [0.2, 0.25) is 0 Å². The van der Waals surface area contributed by atoms with Gasteiger partial charge < -0.3 is 15.7 Å². The summed E-state index contributed by atoms with van der Waals surface area (Å²) in [7, 11) is 0. The zero-order valence-electron chi connectivity index (χ0n) is 21.2. The molecule has 190 valence electrons. The van der Waals surface area contributed by atoms with E-state index in [4.69, 9.17) is 5.10 Å². The van der Waals surface area contributed by atoms with Gasteiger partial charge in [0.25, 0.3) is 5.91 Å². The minimum Gasteiger partial charge on any atom is -0.384 e. The largest absolute Gasteiger partial charge is 0.384 e. The van der Waals surface area contributed by atoms with E-state index in [1.54, 1.807) is 18.4 Å². The van der Waals surface area contributed by atoms with Crippen molar-refractivity contribution in [3.05, 3.63) is 35.9 Å². The molecule has 2 saturated carbocycles. The van der Waals surface area contributed by atoms with Gasteiger partial charge in [0.15, 0.2) is 5.65 Å². The van der Waals surface area contributed by atoms with Gasteiger partial charge in [-0.25, -0.2) is 9.50 Å². The van der Waals surface area contributed by atoms with Crippen LogP contribution in [0, 0.1) is 17.8 Å². The molecule has 0 saturated heterocycles. The van der Waals surface area contributed by atoms with Gasteiger partial charge in [-0.3, -0.25) is 9.48 Å². The van der Waals surface area contributed by atoms with Crippen LogP contribution < -0.4 is 10.6 Å². The molecule has 0 bridgehead atoms. The van der Waals surface area contributed by atoms with Crippen molar-refractivity contribution in [2.24, 2.45) is 17.8 Å². The molecule has 5 rings (SSSR count). The van der Waals surface area contributed by atoms with E-state index in [2.05, 4.69) is 34.6 Å². The van der Waals surface area contributed by atoms with Crippen molar-refractivity contribution in [2.45, 2.75) is 77.9 Å². The summed E-state index contributed by atoms with van der Waals surface area (Å²) in [6, 6.07) is 2.14. The van der Waals surface area contributed by atoms with Gasteiger partial charge in [0.1, 0.15) is 22.7 Å². The Labute approximate surface area is 207 Å². The fourth-order valence-corrected chi connectivity index (χ4v) is 5.04. The molecule has 35 heavy (non-hydrogen) atoms. The number of rotatable bonds is 8. The number of carbonyl (C=O) groups excluding carboxylic acids is 1. The Morgan fingerprint density at radius 1 is 1.23 bits per heavy atom. The highest BCUT2D eigenvalue weighted by Gasteiger charge is 2.30. The second kappa shape index (κ2) is 9.26. The van der Waals surface area contributed by atoms with E-state index < -0.39 is 5.60 Å². The molecule has 2 aliphatic carbocycles. The first-order valence-corrected chi connectivity index (χ1v) is 12.9. The SMILES string of the molecule is CC(C)C1CCC(n2cc(NC(=O)c3cnn4ccc(NCC5CC5)nc34)c(C(C)(C)O)n2)CC1.[HH]. The standard InChI is InChI=1S/C26H37N7O2.H2/c1-16(2)18-7-9-19(10-8-18)33-15-21(23(31-33)26(3,4)35)29-25(34)20-14-28-32-12-11-22(30-24(20)32)27-13-17-5-6-17;/h11-12,14-19,35H,5-10,13H2,1-4H3,(H,27,30)(H,29,34);1H. The summed E-state index contributed by atoms with van der Waals surface area (Å²) in [6.07, 6.45) is 12.2.